The fourth-order valence-corrected chi connectivity index (χ4v) is 2.46. The highest BCUT2D eigenvalue weighted by Crippen LogP contribution is 2.30. The maximum atomic E-state index is 13.1. The van der Waals surface area contributed by atoms with Gasteiger partial charge < -0.3 is 5.11 Å². The number of nitrogens with zero attached hydrogens (tertiary/aromatic N) is 3. The molecule has 0 saturated carbocycles. The Bertz CT molecular complexity index is 594. The SMILES string of the molecule is O=C(O)Cc1cnnn1-c1c(Cl)cc(F)cc1Br. The molecule has 8 heteroatoms. The Morgan fingerprint density at radius 2 is 2.28 bits per heavy atom. The van der Waals surface area contributed by atoms with Crippen LogP contribution in [0.2, 0.25) is 5.02 Å². The van der Waals surface area contributed by atoms with Crippen molar-refractivity contribution >= 4 is 33.5 Å². The quantitative estimate of drug-likeness (QED) is 0.936. The number of aromatic nitrogens is 3. The molecule has 0 radical (unpaired) electrons. The first-order chi connectivity index (χ1) is 8.49. The Morgan fingerprint density at radius 3 is 2.89 bits per heavy atom. The molecule has 0 aliphatic rings. The number of carboxylic acids is 1. The van der Waals surface area contributed by atoms with Gasteiger partial charge in [0.05, 0.1) is 29.0 Å². The topological polar surface area (TPSA) is 68.0 Å². The third-order valence-electron chi connectivity index (χ3n) is 2.15. The van der Waals surface area contributed by atoms with Gasteiger partial charge >= 0.3 is 5.97 Å². The van der Waals surface area contributed by atoms with Crippen LogP contribution in [0.1, 0.15) is 5.69 Å². The number of benzene rings is 1. The number of halogens is 3. The standard InChI is InChI=1S/C10H6BrClFN3O2/c11-7-1-5(13)2-8(12)10(7)16-6(3-9(17)18)4-14-15-16/h1-2,4H,3H2,(H,17,18). The molecule has 2 aromatic rings. The molecule has 0 aliphatic carbocycles. The molecule has 0 amide bonds. The fourth-order valence-electron chi connectivity index (χ4n) is 1.46. The minimum absolute atomic E-state index is 0.110. The molecule has 5 nitrogen and oxygen atoms in total. The van der Waals surface area contributed by atoms with Gasteiger partial charge in [-0.2, -0.15) is 0 Å². The van der Waals surface area contributed by atoms with Gasteiger partial charge in [-0.25, -0.2) is 9.07 Å². The van der Waals surface area contributed by atoms with Gasteiger partial charge in [0.2, 0.25) is 0 Å². The Morgan fingerprint density at radius 1 is 1.56 bits per heavy atom. The zero-order valence-corrected chi connectivity index (χ0v) is 11.1. The van der Waals surface area contributed by atoms with Gasteiger partial charge in [0.1, 0.15) is 5.82 Å². The maximum Gasteiger partial charge on any atom is 0.309 e. The van der Waals surface area contributed by atoms with Crippen molar-refractivity contribution in [2.24, 2.45) is 0 Å². The van der Waals surface area contributed by atoms with Crippen LogP contribution in [0.5, 0.6) is 0 Å². The van der Waals surface area contributed by atoms with Crippen LogP contribution < -0.4 is 0 Å². The summed E-state index contributed by atoms with van der Waals surface area (Å²) in [5.74, 6) is -1.52. The van der Waals surface area contributed by atoms with Gasteiger partial charge in [0.15, 0.2) is 0 Å². The van der Waals surface area contributed by atoms with Gasteiger partial charge in [-0.15, -0.1) is 5.10 Å². The van der Waals surface area contributed by atoms with E-state index in [2.05, 4.69) is 26.2 Å². The summed E-state index contributed by atoms with van der Waals surface area (Å²) in [7, 11) is 0. The van der Waals surface area contributed by atoms with E-state index < -0.39 is 11.8 Å². The molecule has 18 heavy (non-hydrogen) atoms. The first kappa shape index (κ1) is 13.0. The number of hydrogen-bond acceptors (Lipinski definition) is 3. The molecule has 0 atom stereocenters. The molecule has 1 aromatic heterocycles. The van der Waals surface area contributed by atoms with E-state index in [9.17, 15) is 9.18 Å². The normalized spacial score (nSPS) is 10.6. The second-order valence-electron chi connectivity index (χ2n) is 3.43. The van der Waals surface area contributed by atoms with E-state index >= 15 is 0 Å². The van der Waals surface area contributed by atoms with Gasteiger partial charge in [-0.1, -0.05) is 16.8 Å². The summed E-state index contributed by atoms with van der Waals surface area (Å²) in [5, 5.41) is 16.3. The van der Waals surface area contributed by atoms with Gasteiger partial charge in [0, 0.05) is 4.47 Å². The van der Waals surface area contributed by atoms with Crippen molar-refractivity contribution < 1.29 is 14.3 Å². The number of hydrogen-bond donors (Lipinski definition) is 1. The van der Waals surface area contributed by atoms with Crippen LogP contribution in [0.3, 0.4) is 0 Å². The molecule has 0 spiro atoms. The second-order valence-corrected chi connectivity index (χ2v) is 4.69. The van der Waals surface area contributed by atoms with E-state index in [0.717, 1.165) is 6.07 Å². The summed E-state index contributed by atoms with van der Waals surface area (Å²) < 4.78 is 14.7. The van der Waals surface area contributed by atoms with Crippen LogP contribution in [0, 0.1) is 5.82 Å². The summed E-state index contributed by atoms with van der Waals surface area (Å²) in [6.45, 7) is 0. The van der Waals surface area contributed by atoms with E-state index in [0.29, 0.717) is 15.9 Å². The molecule has 2 rings (SSSR count). The number of carboxylic acid groups (broad SMARTS) is 1. The van der Waals surface area contributed by atoms with E-state index in [1.165, 1.54) is 16.9 Å². The van der Waals surface area contributed by atoms with Crippen molar-refractivity contribution in [2.75, 3.05) is 0 Å². The molecule has 1 N–H and O–H groups in total. The Hall–Kier alpha value is -1.47. The van der Waals surface area contributed by atoms with E-state index in [4.69, 9.17) is 16.7 Å². The lowest BCUT2D eigenvalue weighted by Gasteiger charge is -2.09. The van der Waals surface area contributed by atoms with E-state index in [1.807, 2.05) is 0 Å². The minimum atomic E-state index is -1.02. The summed E-state index contributed by atoms with van der Waals surface area (Å²) in [6, 6.07) is 2.33. The van der Waals surface area contributed by atoms with Crippen molar-refractivity contribution in [1.29, 1.82) is 0 Å². The van der Waals surface area contributed by atoms with Crippen LogP contribution in [-0.2, 0) is 11.2 Å². The highest BCUT2D eigenvalue weighted by molar-refractivity contribution is 9.10. The van der Waals surface area contributed by atoms with Crippen LogP contribution in [0.25, 0.3) is 5.69 Å². The molecule has 0 bridgehead atoms. The molecule has 0 unspecified atom stereocenters. The van der Waals surface area contributed by atoms with E-state index in [1.54, 1.807) is 0 Å². The molecule has 1 heterocycles. The van der Waals surface area contributed by atoms with Crippen molar-refractivity contribution in [3.05, 3.63) is 39.3 Å². The Kier molecular flexibility index (Phi) is 3.63. The largest absolute Gasteiger partial charge is 0.481 e. The average Bonchev–Trinajstić information content (AvgIpc) is 2.63. The highest BCUT2D eigenvalue weighted by atomic mass is 79.9. The summed E-state index contributed by atoms with van der Waals surface area (Å²) >= 11 is 9.09. The minimum Gasteiger partial charge on any atom is -0.481 e. The van der Waals surface area contributed by atoms with Crippen molar-refractivity contribution in [3.63, 3.8) is 0 Å². The number of rotatable bonds is 3. The molecular formula is C10H6BrClFN3O2. The van der Waals surface area contributed by atoms with Gasteiger partial charge in [-0.05, 0) is 28.1 Å². The lowest BCUT2D eigenvalue weighted by atomic mass is 10.2. The number of aliphatic carboxylic acids is 1. The lowest BCUT2D eigenvalue weighted by Crippen LogP contribution is -2.09. The zero-order valence-electron chi connectivity index (χ0n) is 8.77. The first-order valence-electron chi connectivity index (χ1n) is 4.75. The summed E-state index contributed by atoms with van der Waals surface area (Å²) in [6.07, 6.45) is 1.06. The van der Waals surface area contributed by atoms with Crippen LogP contribution in [0.4, 0.5) is 4.39 Å². The van der Waals surface area contributed by atoms with Crippen LogP contribution in [-0.4, -0.2) is 26.1 Å². The first-order valence-corrected chi connectivity index (χ1v) is 5.92. The van der Waals surface area contributed by atoms with Gasteiger partial charge in [0.25, 0.3) is 0 Å². The zero-order chi connectivity index (χ0) is 13.3. The Labute approximate surface area is 114 Å². The van der Waals surface area contributed by atoms with Crippen molar-refractivity contribution in [1.82, 2.24) is 15.0 Å². The lowest BCUT2D eigenvalue weighted by molar-refractivity contribution is -0.136. The highest BCUT2D eigenvalue weighted by Gasteiger charge is 2.16. The van der Waals surface area contributed by atoms with Gasteiger partial charge in [-0.3, -0.25) is 4.79 Å². The second kappa shape index (κ2) is 5.03. The predicted octanol–water partition coefficient (Wildman–Crippen LogP) is 2.45. The van der Waals surface area contributed by atoms with E-state index in [-0.39, 0.29) is 11.4 Å². The predicted molar refractivity (Wildman–Crippen MR) is 65.4 cm³/mol. The monoisotopic (exact) mass is 333 g/mol. The molecule has 0 aliphatic heterocycles. The number of carbonyl (C=O) groups is 1. The summed E-state index contributed by atoms with van der Waals surface area (Å²) in [4.78, 5) is 10.7. The molecule has 0 saturated heterocycles. The molecule has 94 valence electrons. The molecule has 1 aromatic carbocycles. The van der Waals surface area contributed by atoms with Crippen LogP contribution in [0.15, 0.2) is 22.8 Å². The molecule has 0 fully saturated rings. The maximum absolute atomic E-state index is 13.1. The Balaban J connectivity index is 2.56. The van der Waals surface area contributed by atoms with Crippen LogP contribution >= 0.6 is 27.5 Å². The smallest absolute Gasteiger partial charge is 0.309 e. The summed E-state index contributed by atoms with van der Waals surface area (Å²) in [5.41, 5.74) is 0.698. The van der Waals surface area contributed by atoms with Crippen molar-refractivity contribution in [2.45, 2.75) is 6.42 Å². The third-order valence-corrected chi connectivity index (χ3v) is 3.04. The molecular weight excluding hydrogens is 328 g/mol. The third kappa shape index (κ3) is 2.51. The van der Waals surface area contributed by atoms with Crippen molar-refractivity contribution in [3.8, 4) is 5.69 Å². The average molecular weight is 335 g/mol. The fraction of sp³-hybridized carbons (Fsp3) is 0.100.